The van der Waals surface area contributed by atoms with E-state index < -0.39 is 40.5 Å². The maximum absolute atomic E-state index is 12.7. The standard InChI is InChI=1S/C24H39N3O5.C14H24OSi.C13H21BrOSi/c1-8-18-10-12-19(13-11-18)31-23(30)27(9-2)15-14-25-21(28)20(16-17(3)4)26-22(29)32-24(5,6)7;1-7-12-8-10-13(11-9-12)15-16(5,6)14(2,3)4;1-13(2,3)16(4,5)15-12-8-6-11(10-14)7-9-12/h10-13,17,20H,8-9,14-16H2,1-7H3,(H,25,28)(H,26,29);8-11H,7H2,1-6H3;6-9H,10H2,1-5H3/t20-;;/m1../s1. The molecule has 0 saturated carbocycles. The predicted octanol–water partition coefficient (Wildman–Crippen LogP) is 13.7. The van der Waals surface area contributed by atoms with Crippen LogP contribution in [0.2, 0.25) is 36.3 Å². The average Bonchev–Trinajstić information content (AvgIpc) is 3.18. The van der Waals surface area contributed by atoms with E-state index >= 15 is 0 Å². The van der Waals surface area contributed by atoms with E-state index in [1.807, 2.05) is 32.9 Å². The zero-order valence-electron chi connectivity index (χ0n) is 42.7. The van der Waals surface area contributed by atoms with Crippen LogP contribution in [0.15, 0.2) is 72.8 Å². The van der Waals surface area contributed by atoms with E-state index in [1.165, 1.54) is 16.0 Å². The predicted molar refractivity (Wildman–Crippen MR) is 275 cm³/mol. The molecule has 0 heterocycles. The first-order valence-electron chi connectivity index (χ1n) is 22.9. The maximum atomic E-state index is 12.7. The van der Waals surface area contributed by atoms with E-state index in [0.29, 0.717) is 18.7 Å². The molecule has 13 heteroatoms. The van der Waals surface area contributed by atoms with Crippen LogP contribution in [0, 0.1) is 5.92 Å². The number of amides is 3. The second-order valence-electron chi connectivity index (χ2n) is 20.6. The molecule has 360 valence electrons. The van der Waals surface area contributed by atoms with Crippen LogP contribution in [0.3, 0.4) is 0 Å². The Bertz CT molecular complexity index is 1760. The van der Waals surface area contributed by atoms with Crippen molar-refractivity contribution in [1.29, 1.82) is 0 Å². The number of ether oxygens (including phenoxy) is 2. The average molecular weight is 987 g/mol. The van der Waals surface area contributed by atoms with E-state index in [0.717, 1.165) is 35.2 Å². The van der Waals surface area contributed by atoms with Gasteiger partial charge in [-0.15, -0.1) is 0 Å². The smallest absolute Gasteiger partial charge is 0.415 e. The number of carbonyl (C=O) groups excluding carboxylic acids is 3. The minimum atomic E-state index is -1.69. The SMILES string of the molecule is CC(C)(C)[Si](C)(C)Oc1ccc(CBr)cc1.CCc1ccc(OC(=O)N(CC)CCNC(=O)[C@@H](CC(C)C)NC(=O)OC(C)(C)C)cc1.CCc1ccc(O[Si](C)(C)C(C)(C)C)cc1. The highest BCUT2D eigenvalue weighted by Crippen LogP contribution is 2.38. The minimum absolute atomic E-state index is 0.196. The summed E-state index contributed by atoms with van der Waals surface area (Å²) in [6.45, 7) is 38.9. The summed E-state index contributed by atoms with van der Waals surface area (Å²) in [5, 5.41) is 6.85. The summed E-state index contributed by atoms with van der Waals surface area (Å²) in [5.41, 5.74) is 3.16. The summed E-state index contributed by atoms with van der Waals surface area (Å²) in [4.78, 5) is 38.7. The zero-order valence-corrected chi connectivity index (χ0v) is 46.3. The van der Waals surface area contributed by atoms with Gasteiger partial charge in [-0.1, -0.05) is 122 Å². The molecule has 3 rings (SSSR count). The number of likely N-dealkylation sites (N-methyl/N-ethyl adjacent to an activating group) is 1. The first-order valence-corrected chi connectivity index (χ1v) is 29.9. The Hall–Kier alpha value is -3.82. The maximum Gasteiger partial charge on any atom is 0.415 e. The number of benzene rings is 3. The lowest BCUT2D eigenvalue weighted by Gasteiger charge is -2.36. The van der Waals surface area contributed by atoms with Crippen LogP contribution in [0.5, 0.6) is 17.2 Å². The number of carbonyl (C=O) groups is 3. The van der Waals surface area contributed by atoms with E-state index in [2.05, 4.69) is 157 Å². The number of rotatable bonds is 16. The molecule has 1 atom stereocenters. The highest BCUT2D eigenvalue weighted by Gasteiger charge is 2.40. The molecule has 0 aliphatic heterocycles. The van der Waals surface area contributed by atoms with Crippen molar-refractivity contribution in [2.24, 2.45) is 5.92 Å². The molecule has 3 amide bonds. The van der Waals surface area contributed by atoms with E-state index in [4.69, 9.17) is 18.3 Å². The monoisotopic (exact) mass is 986 g/mol. The number of aryl methyl sites for hydroxylation is 2. The van der Waals surface area contributed by atoms with Crippen LogP contribution in [0.4, 0.5) is 9.59 Å². The van der Waals surface area contributed by atoms with Crippen molar-refractivity contribution in [2.75, 3.05) is 19.6 Å². The fourth-order valence-corrected chi connectivity index (χ4v) is 7.70. The molecule has 3 aromatic rings. The van der Waals surface area contributed by atoms with Gasteiger partial charge in [0.2, 0.25) is 22.5 Å². The molecule has 2 N–H and O–H groups in total. The molecule has 64 heavy (non-hydrogen) atoms. The summed E-state index contributed by atoms with van der Waals surface area (Å²) < 4.78 is 23.1. The van der Waals surface area contributed by atoms with Crippen LogP contribution in [-0.4, -0.2) is 70.9 Å². The summed E-state index contributed by atoms with van der Waals surface area (Å²) in [5.74, 6) is 2.37. The molecule has 0 spiro atoms. The third kappa shape index (κ3) is 21.9. The van der Waals surface area contributed by atoms with Gasteiger partial charge in [-0.2, -0.15) is 0 Å². The second kappa shape index (κ2) is 26.4. The number of nitrogens with zero attached hydrogens (tertiary/aromatic N) is 1. The van der Waals surface area contributed by atoms with Crippen molar-refractivity contribution in [3.05, 3.63) is 89.5 Å². The topological polar surface area (TPSA) is 115 Å². The van der Waals surface area contributed by atoms with Crippen molar-refractivity contribution < 1.29 is 32.7 Å². The molecule has 0 aliphatic rings. The van der Waals surface area contributed by atoms with Gasteiger partial charge >= 0.3 is 12.2 Å². The van der Waals surface area contributed by atoms with Crippen LogP contribution in [0.25, 0.3) is 0 Å². The van der Waals surface area contributed by atoms with Crippen LogP contribution >= 0.6 is 15.9 Å². The van der Waals surface area contributed by atoms with Gasteiger partial charge < -0.3 is 33.9 Å². The van der Waals surface area contributed by atoms with Gasteiger partial charge in [0, 0.05) is 25.0 Å². The first kappa shape index (κ1) is 58.2. The number of nitrogens with one attached hydrogen (secondary N) is 2. The Balaban J connectivity index is 0.000000533. The van der Waals surface area contributed by atoms with Crippen LogP contribution in [-0.2, 0) is 27.7 Å². The van der Waals surface area contributed by atoms with Gasteiger partial charge in [0.25, 0.3) is 0 Å². The molecule has 10 nitrogen and oxygen atoms in total. The van der Waals surface area contributed by atoms with E-state index in [-0.39, 0.29) is 35.0 Å². The molecule has 3 aromatic carbocycles. The number of hydrogen-bond acceptors (Lipinski definition) is 7. The normalized spacial score (nSPS) is 12.4. The molecular weight excluding hydrogens is 903 g/mol. The zero-order chi connectivity index (χ0) is 49.1. The van der Waals surface area contributed by atoms with Crippen molar-refractivity contribution in [1.82, 2.24) is 15.5 Å². The van der Waals surface area contributed by atoms with Gasteiger partial charge in [-0.25, -0.2) is 9.59 Å². The summed E-state index contributed by atoms with van der Waals surface area (Å²) >= 11 is 3.44. The van der Waals surface area contributed by atoms with Gasteiger partial charge in [0.1, 0.15) is 28.9 Å². The number of hydrogen-bond donors (Lipinski definition) is 2. The van der Waals surface area contributed by atoms with Gasteiger partial charge in [-0.3, -0.25) is 4.79 Å². The van der Waals surface area contributed by atoms with Crippen molar-refractivity contribution in [3.8, 4) is 17.2 Å². The quantitative estimate of drug-likeness (QED) is 0.108. The first-order chi connectivity index (χ1) is 29.5. The van der Waals surface area contributed by atoms with Gasteiger partial charge in [0.05, 0.1) is 0 Å². The van der Waals surface area contributed by atoms with E-state index in [1.54, 1.807) is 32.9 Å². The molecule has 0 saturated heterocycles. The summed E-state index contributed by atoms with van der Waals surface area (Å²) in [6.07, 6.45) is 1.36. The number of halogens is 1. The molecule has 0 radical (unpaired) electrons. The molecular formula is C51H84BrN3O7Si2. The largest absolute Gasteiger partial charge is 0.544 e. The second-order valence-corrected chi connectivity index (χ2v) is 30.6. The lowest BCUT2D eigenvalue weighted by molar-refractivity contribution is -0.123. The van der Waals surface area contributed by atoms with E-state index in [9.17, 15) is 14.4 Å². The van der Waals surface area contributed by atoms with Crippen molar-refractivity contribution >= 4 is 50.7 Å². The highest BCUT2D eigenvalue weighted by atomic mass is 79.9. The van der Waals surface area contributed by atoms with Gasteiger partial charge in [0.15, 0.2) is 0 Å². The summed E-state index contributed by atoms with van der Waals surface area (Å²) in [6, 6.07) is 23.5. The Morgan fingerprint density at radius 1 is 0.656 bits per heavy atom. The molecule has 0 unspecified atom stereocenters. The Morgan fingerprint density at radius 2 is 1.06 bits per heavy atom. The third-order valence-corrected chi connectivity index (χ3v) is 20.7. The lowest BCUT2D eigenvalue weighted by Crippen LogP contribution is -2.50. The Morgan fingerprint density at radius 3 is 1.41 bits per heavy atom. The summed E-state index contributed by atoms with van der Waals surface area (Å²) in [7, 11) is -3.36. The fourth-order valence-electron chi connectivity index (χ4n) is 5.26. The van der Waals surface area contributed by atoms with Crippen LogP contribution in [0.1, 0.15) is 120 Å². The van der Waals surface area contributed by atoms with Crippen molar-refractivity contribution in [2.45, 2.75) is 169 Å². The number of alkyl carbamates (subject to hydrolysis) is 1. The van der Waals surface area contributed by atoms with Crippen LogP contribution < -0.4 is 24.2 Å². The van der Waals surface area contributed by atoms with Gasteiger partial charge in [-0.05, 0) is 142 Å². The fraction of sp³-hybridized carbons (Fsp3) is 0.588. The Kier molecular flexibility index (Phi) is 24.0. The molecule has 0 bridgehead atoms. The number of alkyl halides is 1. The minimum Gasteiger partial charge on any atom is -0.544 e. The van der Waals surface area contributed by atoms with Crippen molar-refractivity contribution in [3.63, 3.8) is 0 Å². The highest BCUT2D eigenvalue weighted by molar-refractivity contribution is 9.08. The Labute approximate surface area is 398 Å². The molecule has 0 aromatic heterocycles. The molecule has 0 fully saturated rings. The third-order valence-electron chi connectivity index (χ3n) is 11.3. The lowest BCUT2D eigenvalue weighted by atomic mass is 10.0. The molecule has 0 aliphatic carbocycles.